The third kappa shape index (κ3) is 3.11. The van der Waals surface area contributed by atoms with Crippen LogP contribution in [0.2, 0.25) is 0 Å². The summed E-state index contributed by atoms with van der Waals surface area (Å²) in [6.45, 7) is 3.99. The molecule has 2 N–H and O–H groups in total. The summed E-state index contributed by atoms with van der Waals surface area (Å²) in [5, 5.41) is 1.07. The molecule has 0 radical (unpaired) electrons. The molecule has 1 aromatic heterocycles. The highest BCUT2D eigenvalue weighted by Gasteiger charge is 2.12. The lowest BCUT2D eigenvalue weighted by Crippen LogP contribution is -2.03. The van der Waals surface area contributed by atoms with E-state index in [0.717, 1.165) is 39.1 Å². The maximum atomic E-state index is 5.94. The quantitative estimate of drug-likeness (QED) is 0.920. The monoisotopic (exact) mass is 292 g/mol. The van der Waals surface area contributed by atoms with Gasteiger partial charge in [-0.15, -0.1) is 11.3 Å². The Morgan fingerprint density at radius 3 is 2.50 bits per heavy atom. The van der Waals surface area contributed by atoms with E-state index >= 15 is 0 Å². The molecule has 0 aliphatic carbocycles. The van der Waals surface area contributed by atoms with E-state index in [1.54, 1.807) is 25.6 Å². The summed E-state index contributed by atoms with van der Waals surface area (Å²) in [4.78, 5) is 5.74. The second-order valence-corrected chi connectivity index (χ2v) is 5.83. The zero-order valence-electron chi connectivity index (χ0n) is 12.3. The normalized spacial score (nSPS) is 12.2. The predicted molar refractivity (Wildman–Crippen MR) is 81.8 cm³/mol. The summed E-state index contributed by atoms with van der Waals surface area (Å²) >= 11 is 1.68. The van der Waals surface area contributed by atoms with Gasteiger partial charge in [-0.3, -0.25) is 0 Å². The van der Waals surface area contributed by atoms with E-state index in [-0.39, 0.29) is 6.04 Å². The van der Waals surface area contributed by atoms with Gasteiger partial charge in [-0.2, -0.15) is 0 Å². The van der Waals surface area contributed by atoms with Crippen molar-refractivity contribution in [2.75, 3.05) is 14.2 Å². The number of hydrogen-bond acceptors (Lipinski definition) is 5. The van der Waals surface area contributed by atoms with Crippen LogP contribution in [0, 0.1) is 6.92 Å². The highest BCUT2D eigenvalue weighted by molar-refractivity contribution is 7.11. The van der Waals surface area contributed by atoms with Gasteiger partial charge in [0.05, 0.1) is 24.9 Å². The van der Waals surface area contributed by atoms with E-state index in [9.17, 15) is 0 Å². The van der Waals surface area contributed by atoms with Crippen LogP contribution in [0.3, 0.4) is 0 Å². The van der Waals surface area contributed by atoms with Gasteiger partial charge in [-0.1, -0.05) is 6.07 Å². The Hall–Kier alpha value is -1.59. The van der Waals surface area contributed by atoms with Crippen LogP contribution in [-0.4, -0.2) is 19.2 Å². The summed E-state index contributed by atoms with van der Waals surface area (Å²) in [5.41, 5.74) is 8.11. The number of nitrogens with two attached hydrogens (primary N) is 1. The minimum Gasteiger partial charge on any atom is -0.493 e. The minimum absolute atomic E-state index is 0.0339. The number of hydrogen-bond donors (Lipinski definition) is 1. The van der Waals surface area contributed by atoms with E-state index in [4.69, 9.17) is 15.2 Å². The largest absolute Gasteiger partial charge is 0.493 e. The molecule has 1 atom stereocenters. The first-order chi connectivity index (χ1) is 9.55. The first kappa shape index (κ1) is 14.8. The average Bonchev–Trinajstić information content (AvgIpc) is 2.79. The predicted octanol–water partition coefficient (Wildman–Crippen LogP) is 3.08. The van der Waals surface area contributed by atoms with Crippen molar-refractivity contribution in [2.45, 2.75) is 26.3 Å². The molecule has 4 nitrogen and oxygen atoms in total. The number of rotatable bonds is 5. The van der Waals surface area contributed by atoms with Crippen molar-refractivity contribution in [1.82, 2.24) is 4.98 Å². The van der Waals surface area contributed by atoms with Gasteiger partial charge in [0.1, 0.15) is 0 Å². The van der Waals surface area contributed by atoms with E-state index in [1.165, 1.54) is 0 Å². The van der Waals surface area contributed by atoms with Crippen molar-refractivity contribution in [3.05, 3.63) is 39.3 Å². The van der Waals surface area contributed by atoms with Gasteiger partial charge in [0.25, 0.3) is 0 Å². The number of ether oxygens (including phenoxy) is 2. The minimum atomic E-state index is 0.0339. The van der Waals surface area contributed by atoms with Crippen LogP contribution in [0.5, 0.6) is 11.5 Å². The van der Waals surface area contributed by atoms with Gasteiger partial charge < -0.3 is 15.2 Å². The molecule has 108 valence electrons. The van der Waals surface area contributed by atoms with Crippen molar-refractivity contribution in [2.24, 2.45) is 5.73 Å². The second kappa shape index (κ2) is 6.24. The lowest BCUT2D eigenvalue weighted by molar-refractivity contribution is 0.354. The molecular formula is C15H20N2O2S. The molecule has 0 aliphatic heterocycles. The molecule has 0 bridgehead atoms. The van der Waals surface area contributed by atoms with E-state index in [2.05, 4.69) is 4.98 Å². The van der Waals surface area contributed by atoms with Crippen LogP contribution in [0.4, 0.5) is 0 Å². The molecule has 0 spiro atoms. The van der Waals surface area contributed by atoms with Crippen LogP contribution in [0.1, 0.15) is 34.1 Å². The fourth-order valence-electron chi connectivity index (χ4n) is 2.13. The van der Waals surface area contributed by atoms with Crippen LogP contribution in [-0.2, 0) is 6.42 Å². The maximum Gasteiger partial charge on any atom is 0.160 e. The summed E-state index contributed by atoms with van der Waals surface area (Å²) in [5.74, 6) is 1.48. The summed E-state index contributed by atoms with van der Waals surface area (Å²) in [6, 6.07) is 5.97. The van der Waals surface area contributed by atoms with Crippen molar-refractivity contribution in [1.29, 1.82) is 0 Å². The third-order valence-corrected chi connectivity index (χ3v) is 4.45. The molecular weight excluding hydrogens is 272 g/mol. The number of aryl methyl sites for hydroxylation is 1. The first-order valence-electron chi connectivity index (χ1n) is 6.47. The summed E-state index contributed by atoms with van der Waals surface area (Å²) in [6.07, 6.45) is 0.776. The fourth-order valence-corrected chi connectivity index (χ4v) is 3.18. The second-order valence-electron chi connectivity index (χ2n) is 4.71. The number of nitrogens with zero attached hydrogens (tertiary/aromatic N) is 1. The maximum absolute atomic E-state index is 5.94. The van der Waals surface area contributed by atoms with Gasteiger partial charge in [-0.05, 0) is 31.5 Å². The van der Waals surface area contributed by atoms with Gasteiger partial charge in [0.15, 0.2) is 11.5 Å². The summed E-state index contributed by atoms with van der Waals surface area (Å²) in [7, 11) is 3.28. The van der Waals surface area contributed by atoms with Gasteiger partial charge in [-0.25, -0.2) is 4.98 Å². The van der Waals surface area contributed by atoms with E-state index in [1.807, 2.05) is 32.0 Å². The SMILES string of the molecule is COc1ccc(Cc2nc(C)c([C@H](C)N)s2)cc1OC. The zero-order valence-corrected chi connectivity index (χ0v) is 13.1. The molecule has 5 heteroatoms. The fraction of sp³-hybridized carbons (Fsp3) is 0.400. The lowest BCUT2D eigenvalue weighted by Gasteiger charge is -2.08. The standard InChI is InChI=1S/C15H20N2O2S/c1-9(16)15-10(2)17-14(20-15)8-11-5-6-12(18-3)13(7-11)19-4/h5-7,9H,8,16H2,1-4H3/t9-/m0/s1. The molecule has 0 unspecified atom stereocenters. The molecule has 0 aliphatic rings. The molecule has 0 saturated carbocycles. The zero-order chi connectivity index (χ0) is 14.7. The topological polar surface area (TPSA) is 57.4 Å². The molecule has 0 amide bonds. The Morgan fingerprint density at radius 1 is 1.25 bits per heavy atom. The Balaban J connectivity index is 2.24. The number of methoxy groups -OCH3 is 2. The number of aromatic nitrogens is 1. The molecule has 0 fully saturated rings. The number of thiazole rings is 1. The molecule has 0 saturated heterocycles. The summed E-state index contributed by atoms with van der Waals surface area (Å²) < 4.78 is 10.6. The van der Waals surface area contributed by atoms with Crippen LogP contribution in [0.15, 0.2) is 18.2 Å². The van der Waals surface area contributed by atoms with Crippen LogP contribution >= 0.6 is 11.3 Å². The highest BCUT2D eigenvalue weighted by atomic mass is 32.1. The van der Waals surface area contributed by atoms with E-state index in [0.29, 0.717) is 0 Å². The Labute approximate surface area is 123 Å². The van der Waals surface area contributed by atoms with Crippen molar-refractivity contribution in [3.8, 4) is 11.5 Å². The van der Waals surface area contributed by atoms with Crippen LogP contribution < -0.4 is 15.2 Å². The molecule has 2 aromatic rings. The van der Waals surface area contributed by atoms with E-state index < -0.39 is 0 Å². The Morgan fingerprint density at radius 2 is 1.95 bits per heavy atom. The molecule has 2 rings (SSSR count). The third-order valence-electron chi connectivity index (χ3n) is 3.09. The highest BCUT2D eigenvalue weighted by Crippen LogP contribution is 2.30. The number of benzene rings is 1. The smallest absolute Gasteiger partial charge is 0.160 e. The lowest BCUT2D eigenvalue weighted by atomic mass is 10.1. The van der Waals surface area contributed by atoms with Crippen molar-refractivity contribution < 1.29 is 9.47 Å². The van der Waals surface area contributed by atoms with Crippen molar-refractivity contribution in [3.63, 3.8) is 0 Å². The van der Waals surface area contributed by atoms with Gasteiger partial charge in [0.2, 0.25) is 0 Å². The van der Waals surface area contributed by atoms with Gasteiger partial charge >= 0.3 is 0 Å². The average molecular weight is 292 g/mol. The van der Waals surface area contributed by atoms with Gasteiger partial charge in [0, 0.05) is 17.3 Å². The van der Waals surface area contributed by atoms with Crippen molar-refractivity contribution >= 4 is 11.3 Å². The Bertz CT molecular complexity index is 594. The Kier molecular flexibility index (Phi) is 4.62. The first-order valence-corrected chi connectivity index (χ1v) is 7.29. The molecule has 1 aromatic carbocycles. The molecule has 20 heavy (non-hydrogen) atoms. The molecule has 1 heterocycles. The van der Waals surface area contributed by atoms with Crippen LogP contribution in [0.25, 0.3) is 0 Å².